The van der Waals surface area contributed by atoms with Gasteiger partial charge in [0.2, 0.25) is 0 Å². The fourth-order valence-corrected chi connectivity index (χ4v) is 4.65. The first-order chi connectivity index (χ1) is 17.4. The van der Waals surface area contributed by atoms with Crippen molar-refractivity contribution in [1.82, 2.24) is 19.7 Å². The minimum atomic E-state index is -4.48. The van der Waals surface area contributed by atoms with Gasteiger partial charge in [-0.1, -0.05) is 12.1 Å². The summed E-state index contributed by atoms with van der Waals surface area (Å²) in [5.41, 5.74) is 2.06. The molecule has 36 heavy (non-hydrogen) atoms. The largest absolute Gasteiger partial charge is 0.412 e. The zero-order valence-electron chi connectivity index (χ0n) is 18.9. The van der Waals surface area contributed by atoms with E-state index in [1.807, 2.05) is 22.8 Å². The third kappa shape index (κ3) is 4.12. The van der Waals surface area contributed by atoms with Gasteiger partial charge in [0.05, 0.1) is 12.4 Å². The van der Waals surface area contributed by atoms with Gasteiger partial charge in [-0.05, 0) is 37.1 Å². The maximum absolute atomic E-state index is 13.4. The molecular formula is C24H21F3N8O. The lowest BCUT2D eigenvalue weighted by molar-refractivity contribution is -0.152. The fourth-order valence-electron chi connectivity index (χ4n) is 4.65. The van der Waals surface area contributed by atoms with Crippen molar-refractivity contribution in [3.63, 3.8) is 0 Å². The number of nitrogens with one attached hydrogen (secondary N) is 1. The van der Waals surface area contributed by atoms with E-state index in [4.69, 9.17) is 0 Å². The van der Waals surface area contributed by atoms with Crippen LogP contribution in [0.5, 0.6) is 0 Å². The Morgan fingerprint density at radius 2 is 1.97 bits per heavy atom. The van der Waals surface area contributed by atoms with Crippen LogP contribution in [0.2, 0.25) is 0 Å². The third-order valence-electron chi connectivity index (χ3n) is 6.55. The molecule has 2 aromatic heterocycles. The van der Waals surface area contributed by atoms with Gasteiger partial charge in [-0.2, -0.15) is 13.2 Å². The number of amides is 1. The van der Waals surface area contributed by atoms with E-state index < -0.39 is 30.2 Å². The molecule has 1 aromatic carbocycles. The van der Waals surface area contributed by atoms with Gasteiger partial charge >= 0.3 is 6.18 Å². The van der Waals surface area contributed by atoms with E-state index in [1.54, 1.807) is 29.4 Å². The molecule has 1 saturated carbocycles. The van der Waals surface area contributed by atoms with E-state index in [9.17, 15) is 18.0 Å². The Balaban J connectivity index is 1.20. The Labute approximate surface area is 203 Å². The number of nitrogens with zero attached hydrogens (tertiary/aromatic N) is 7. The molecule has 3 aromatic rings. The highest BCUT2D eigenvalue weighted by Gasteiger charge is 2.51. The van der Waals surface area contributed by atoms with Gasteiger partial charge in [0.15, 0.2) is 11.9 Å². The topological polar surface area (TPSA) is 101 Å². The molecule has 12 heteroatoms. The predicted octanol–water partition coefficient (Wildman–Crippen LogP) is 3.92. The van der Waals surface area contributed by atoms with Crippen LogP contribution in [0, 0.1) is 0 Å². The number of aromatic nitrogens is 4. The first-order valence-corrected chi connectivity index (χ1v) is 11.6. The SMILES string of the molecule is O=C(Nc1cccc(-c2nncn2C2CC2)c1)c1cc(N2C=NC3C2CC=NC3C(F)(F)F)ccn1. The van der Waals surface area contributed by atoms with Gasteiger partial charge in [0.25, 0.3) is 5.91 Å². The van der Waals surface area contributed by atoms with Crippen LogP contribution in [0.25, 0.3) is 11.4 Å². The number of pyridine rings is 1. The minimum absolute atomic E-state index is 0.132. The van der Waals surface area contributed by atoms with Crippen molar-refractivity contribution in [2.75, 3.05) is 10.2 Å². The van der Waals surface area contributed by atoms with Crippen molar-refractivity contribution in [3.05, 3.63) is 54.6 Å². The summed E-state index contributed by atoms with van der Waals surface area (Å²) in [7, 11) is 0. The number of fused-ring (bicyclic) bond motifs is 1. The van der Waals surface area contributed by atoms with E-state index in [2.05, 4.69) is 30.5 Å². The molecule has 1 amide bonds. The number of benzene rings is 1. The first-order valence-electron chi connectivity index (χ1n) is 11.6. The van der Waals surface area contributed by atoms with Crippen LogP contribution in [0.4, 0.5) is 24.5 Å². The minimum Gasteiger partial charge on any atom is -0.327 e. The molecule has 0 radical (unpaired) electrons. The molecule has 1 aliphatic carbocycles. The van der Waals surface area contributed by atoms with E-state index in [0.717, 1.165) is 24.2 Å². The average molecular weight is 494 g/mol. The van der Waals surface area contributed by atoms with Crippen molar-refractivity contribution in [3.8, 4) is 11.4 Å². The molecule has 4 heterocycles. The van der Waals surface area contributed by atoms with Crippen molar-refractivity contribution in [2.45, 2.75) is 49.6 Å². The average Bonchev–Trinajstić information content (AvgIpc) is 3.43. The highest BCUT2D eigenvalue weighted by Crippen LogP contribution is 2.38. The summed E-state index contributed by atoms with van der Waals surface area (Å²) < 4.78 is 42.2. The quantitative estimate of drug-likeness (QED) is 0.580. The molecule has 3 aliphatic rings. The lowest BCUT2D eigenvalue weighted by Gasteiger charge is -2.33. The Morgan fingerprint density at radius 3 is 2.78 bits per heavy atom. The monoisotopic (exact) mass is 494 g/mol. The molecule has 1 N–H and O–H groups in total. The second kappa shape index (κ2) is 8.54. The number of hydrogen-bond acceptors (Lipinski definition) is 7. The first kappa shape index (κ1) is 22.4. The number of halogens is 3. The number of hydrogen-bond donors (Lipinski definition) is 1. The Kier molecular flexibility index (Phi) is 5.31. The predicted molar refractivity (Wildman–Crippen MR) is 127 cm³/mol. The molecule has 9 nitrogen and oxygen atoms in total. The van der Waals surface area contributed by atoms with Crippen molar-refractivity contribution in [1.29, 1.82) is 0 Å². The standard InChI is InChI=1S/C24H21F3N8O/c25-24(26,27)21-20-19(7-9-29-21)34(12-30-20)17-6-8-28-18(11-17)23(36)32-15-3-1-2-14(10-15)22-33-31-13-35(22)16-4-5-16/h1-3,6,8-13,16,19-21H,4-5,7H2,(H,32,36). The third-order valence-corrected chi connectivity index (χ3v) is 6.55. The number of alkyl halides is 3. The van der Waals surface area contributed by atoms with Gasteiger partial charge in [0, 0.05) is 41.8 Å². The van der Waals surface area contributed by atoms with Crippen molar-refractivity contribution < 1.29 is 18.0 Å². The summed E-state index contributed by atoms with van der Waals surface area (Å²) in [6.45, 7) is 0. The summed E-state index contributed by atoms with van der Waals surface area (Å²) in [4.78, 5) is 26.5. The van der Waals surface area contributed by atoms with Gasteiger partial charge < -0.3 is 14.8 Å². The van der Waals surface area contributed by atoms with Crippen LogP contribution >= 0.6 is 0 Å². The molecule has 1 fully saturated rings. The van der Waals surface area contributed by atoms with Crippen LogP contribution in [-0.2, 0) is 0 Å². The Bertz CT molecular complexity index is 1360. The maximum Gasteiger partial charge on any atom is 0.412 e. The second-order valence-electron chi connectivity index (χ2n) is 9.01. The maximum atomic E-state index is 13.4. The summed E-state index contributed by atoms with van der Waals surface area (Å²) in [6, 6.07) is 7.48. The van der Waals surface area contributed by atoms with Crippen LogP contribution in [0.15, 0.2) is 58.9 Å². The summed E-state index contributed by atoms with van der Waals surface area (Å²) in [5.74, 6) is 0.300. The Hall–Kier alpha value is -4.09. The molecule has 184 valence electrons. The number of rotatable bonds is 5. The second-order valence-corrected chi connectivity index (χ2v) is 9.01. The van der Waals surface area contributed by atoms with E-state index in [1.165, 1.54) is 18.7 Å². The van der Waals surface area contributed by atoms with E-state index >= 15 is 0 Å². The summed E-state index contributed by atoms with van der Waals surface area (Å²) in [5, 5.41) is 11.1. The van der Waals surface area contributed by atoms with E-state index in [0.29, 0.717) is 23.8 Å². The summed E-state index contributed by atoms with van der Waals surface area (Å²) in [6.07, 6.45) is 3.89. The Morgan fingerprint density at radius 1 is 1.11 bits per heavy atom. The molecular weight excluding hydrogens is 473 g/mol. The number of carbonyl (C=O) groups excluding carboxylic acids is 1. The number of carbonyl (C=O) groups is 1. The van der Waals surface area contributed by atoms with Crippen LogP contribution < -0.4 is 10.2 Å². The van der Waals surface area contributed by atoms with Crippen molar-refractivity contribution >= 4 is 29.8 Å². The molecule has 0 bridgehead atoms. The molecule has 0 spiro atoms. The van der Waals surface area contributed by atoms with E-state index in [-0.39, 0.29) is 5.69 Å². The molecule has 2 aliphatic heterocycles. The van der Waals surface area contributed by atoms with Gasteiger partial charge in [-0.3, -0.25) is 19.8 Å². The fraction of sp³-hybridized carbons (Fsp3) is 0.333. The number of anilines is 2. The normalized spacial score (nSPS) is 23.1. The van der Waals surface area contributed by atoms with Crippen LogP contribution in [0.3, 0.4) is 0 Å². The highest BCUT2D eigenvalue weighted by molar-refractivity contribution is 6.04. The van der Waals surface area contributed by atoms with Crippen LogP contribution in [0.1, 0.15) is 35.8 Å². The molecule has 3 atom stereocenters. The van der Waals surface area contributed by atoms with Gasteiger partial charge in [-0.15, -0.1) is 10.2 Å². The molecule has 0 saturated heterocycles. The van der Waals surface area contributed by atoms with Crippen molar-refractivity contribution in [2.24, 2.45) is 9.98 Å². The smallest absolute Gasteiger partial charge is 0.327 e. The molecule has 3 unspecified atom stereocenters. The van der Waals surface area contributed by atoms with Gasteiger partial charge in [0.1, 0.15) is 18.1 Å². The highest BCUT2D eigenvalue weighted by atomic mass is 19.4. The van der Waals surface area contributed by atoms with Crippen LogP contribution in [-0.4, -0.2) is 62.5 Å². The number of aliphatic imine (C=N–C) groups is 2. The zero-order valence-corrected chi connectivity index (χ0v) is 18.9. The molecule has 6 rings (SSSR count). The lowest BCUT2D eigenvalue weighted by Crippen LogP contribution is -2.49. The summed E-state index contributed by atoms with van der Waals surface area (Å²) >= 11 is 0. The zero-order chi connectivity index (χ0) is 24.9. The van der Waals surface area contributed by atoms with Gasteiger partial charge in [-0.25, -0.2) is 0 Å². The lowest BCUT2D eigenvalue weighted by atomic mass is 9.95.